The highest BCUT2D eigenvalue weighted by molar-refractivity contribution is 5.95. The Balaban J connectivity index is 1.85. The molecule has 1 saturated heterocycles. The second-order valence-corrected chi connectivity index (χ2v) is 6.48. The lowest BCUT2D eigenvalue weighted by Crippen LogP contribution is -2.47. The third-order valence-electron chi connectivity index (χ3n) is 4.24. The average molecular weight is 333 g/mol. The van der Waals surface area contributed by atoms with Crippen LogP contribution in [0.2, 0.25) is 0 Å². The van der Waals surface area contributed by atoms with E-state index in [9.17, 15) is 9.59 Å². The van der Waals surface area contributed by atoms with Crippen molar-refractivity contribution in [3.63, 3.8) is 0 Å². The number of likely N-dealkylation sites (N-methyl/N-ethyl adjacent to an activating group) is 1. The van der Waals surface area contributed by atoms with Crippen molar-refractivity contribution < 1.29 is 14.3 Å². The van der Waals surface area contributed by atoms with Crippen molar-refractivity contribution in [1.29, 1.82) is 0 Å². The van der Waals surface area contributed by atoms with Gasteiger partial charge in [-0.2, -0.15) is 0 Å². The summed E-state index contributed by atoms with van der Waals surface area (Å²) in [6.07, 6.45) is 0.143. The second-order valence-electron chi connectivity index (χ2n) is 6.48. The molecule has 0 bridgehead atoms. The number of carbonyl (C=O) groups is 2. The Hall–Kier alpha value is -1.92. The molecule has 6 heteroatoms. The number of aryl methyl sites for hydroxylation is 2. The first-order valence-corrected chi connectivity index (χ1v) is 8.31. The molecule has 24 heavy (non-hydrogen) atoms. The Morgan fingerprint density at radius 2 is 2.00 bits per heavy atom. The maximum Gasteiger partial charge on any atom is 0.243 e. The zero-order valence-electron chi connectivity index (χ0n) is 15.0. The van der Waals surface area contributed by atoms with Gasteiger partial charge in [-0.05, 0) is 31.9 Å². The van der Waals surface area contributed by atoms with Crippen molar-refractivity contribution in [2.75, 3.05) is 45.2 Å². The van der Waals surface area contributed by atoms with Crippen LogP contribution in [0.1, 0.15) is 18.1 Å². The van der Waals surface area contributed by atoms with Gasteiger partial charge in [0.15, 0.2) is 0 Å². The molecule has 1 heterocycles. The molecule has 1 aromatic carbocycles. The molecular weight excluding hydrogens is 306 g/mol. The molecule has 0 saturated carbocycles. The number of rotatable bonds is 5. The molecule has 0 aromatic heterocycles. The van der Waals surface area contributed by atoms with Gasteiger partial charge in [0.2, 0.25) is 11.8 Å². The number of anilines is 1. The molecule has 1 aliphatic heterocycles. The number of carbonyl (C=O) groups excluding carboxylic acids is 2. The van der Waals surface area contributed by atoms with Gasteiger partial charge >= 0.3 is 0 Å². The zero-order chi connectivity index (χ0) is 17.7. The number of nitrogens with zero attached hydrogens (tertiary/aromatic N) is 2. The van der Waals surface area contributed by atoms with Crippen molar-refractivity contribution in [3.05, 3.63) is 29.3 Å². The monoisotopic (exact) mass is 333 g/mol. The summed E-state index contributed by atoms with van der Waals surface area (Å²) >= 11 is 0. The number of hydrogen-bond donors (Lipinski definition) is 1. The third-order valence-corrected chi connectivity index (χ3v) is 4.24. The molecule has 132 valence electrons. The topological polar surface area (TPSA) is 61.9 Å². The smallest absolute Gasteiger partial charge is 0.243 e. The number of ether oxygens (including phenoxy) is 1. The fraction of sp³-hybridized carbons (Fsp3) is 0.556. The summed E-state index contributed by atoms with van der Waals surface area (Å²) in [7, 11) is 1.66. The molecule has 0 spiro atoms. The highest BCUT2D eigenvalue weighted by atomic mass is 16.5. The number of hydrogen-bond acceptors (Lipinski definition) is 4. The molecule has 1 aromatic rings. The Labute approximate surface area is 143 Å². The lowest BCUT2D eigenvalue weighted by atomic mass is 10.1. The molecule has 0 radical (unpaired) electrons. The van der Waals surface area contributed by atoms with Gasteiger partial charge in [-0.1, -0.05) is 18.2 Å². The zero-order valence-corrected chi connectivity index (χ0v) is 15.0. The van der Waals surface area contributed by atoms with E-state index in [0.29, 0.717) is 13.2 Å². The Bertz CT molecular complexity index is 583. The molecule has 1 fully saturated rings. The van der Waals surface area contributed by atoms with E-state index in [1.807, 2.05) is 39.0 Å². The van der Waals surface area contributed by atoms with Crippen molar-refractivity contribution in [2.45, 2.75) is 26.9 Å². The predicted molar refractivity (Wildman–Crippen MR) is 94.0 cm³/mol. The predicted octanol–water partition coefficient (Wildman–Crippen LogP) is 1.42. The van der Waals surface area contributed by atoms with Crippen LogP contribution in [0.3, 0.4) is 0 Å². The van der Waals surface area contributed by atoms with Crippen LogP contribution in [0, 0.1) is 13.8 Å². The van der Waals surface area contributed by atoms with Gasteiger partial charge < -0.3 is 15.0 Å². The Kier molecular flexibility index (Phi) is 6.34. The summed E-state index contributed by atoms with van der Waals surface area (Å²) in [5.74, 6) is -0.237. The minimum Gasteiger partial charge on any atom is -0.376 e. The van der Waals surface area contributed by atoms with Crippen LogP contribution in [0.5, 0.6) is 0 Å². The summed E-state index contributed by atoms with van der Waals surface area (Å²) in [5.41, 5.74) is 2.85. The molecule has 1 atom stereocenters. The average Bonchev–Trinajstić information content (AvgIpc) is 2.51. The Morgan fingerprint density at radius 3 is 2.62 bits per heavy atom. The van der Waals surface area contributed by atoms with Crippen LogP contribution < -0.4 is 5.32 Å². The van der Waals surface area contributed by atoms with E-state index in [1.165, 1.54) is 4.90 Å². The summed E-state index contributed by atoms with van der Waals surface area (Å²) in [5, 5.41) is 2.91. The fourth-order valence-corrected chi connectivity index (χ4v) is 2.84. The van der Waals surface area contributed by atoms with Crippen molar-refractivity contribution in [2.24, 2.45) is 0 Å². The first kappa shape index (κ1) is 18.4. The summed E-state index contributed by atoms with van der Waals surface area (Å²) in [4.78, 5) is 28.1. The maximum atomic E-state index is 12.3. The normalized spacial score (nSPS) is 18.2. The van der Waals surface area contributed by atoms with Gasteiger partial charge in [0.25, 0.3) is 0 Å². The first-order valence-electron chi connectivity index (χ1n) is 8.31. The standard InChI is InChI=1S/C18H27N3O3/c1-13-6-5-7-14(2)18(13)19-16(22)11-20(4)17(23)12-21-8-9-24-15(3)10-21/h5-7,15H,8-12H2,1-4H3,(H,19,22)/t15-/m0/s1. The van der Waals surface area contributed by atoms with E-state index < -0.39 is 0 Å². The van der Waals surface area contributed by atoms with Crippen molar-refractivity contribution in [3.8, 4) is 0 Å². The number of amides is 2. The van der Waals surface area contributed by atoms with Crippen molar-refractivity contribution >= 4 is 17.5 Å². The highest BCUT2D eigenvalue weighted by Gasteiger charge is 2.21. The van der Waals surface area contributed by atoms with Gasteiger partial charge in [-0.15, -0.1) is 0 Å². The van der Waals surface area contributed by atoms with E-state index in [4.69, 9.17) is 4.74 Å². The molecule has 2 amide bonds. The number of para-hydroxylation sites is 1. The van der Waals surface area contributed by atoms with Crippen LogP contribution in [-0.4, -0.2) is 67.6 Å². The summed E-state index contributed by atoms with van der Waals surface area (Å²) < 4.78 is 5.47. The fourth-order valence-electron chi connectivity index (χ4n) is 2.84. The quantitative estimate of drug-likeness (QED) is 0.885. The van der Waals surface area contributed by atoms with E-state index >= 15 is 0 Å². The molecular formula is C18H27N3O3. The summed E-state index contributed by atoms with van der Waals surface area (Å²) in [6, 6.07) is 5.87. The van der Waals surface area contributed by atoms with E-state index in [1.54, 1.807) is 7.05 Å². The molecule has 6 nitrogen and oxygen atoms in total. The van der Waals surface area contributed by atoms with Crippen LogP contribution in [-0.2, 0) is 14.3 Å². The van der Waals surface area contributed by atoms with E-state index in [-0.39, 0.29) is 24.5 Å². The van der Waals surface area contributed by atoms with Gasteiger partial charge in [0, 0.05) is 25.8 Å². The molecule has 1 aliphatic rings. The van der Waals surface area contributed by atoms with Crippen LogP contribution in [0.15, 0.2) is 18.2 Å². The maximum absolute atomic E-state index is 12.3. The van der Waals surface area contributed by atoms with Gasteiger partial charge in [-0.3, -0.25) is 14.5 Å². The Morgan fingerprint density at radius 1 is 1.33 bits per heavy atom. The largest absolute Gasteiger partial charge is 0.376 e. The SMILES string of the molecule is Cc1cccc(C)c1NC(=O)CN(C)C(=O)CN1CCO[C@@H](C)C1. The molecule has 2 rings (SSSR count). The van der Waals surface area contributed by atoms with Crippen LogP contribution >= 0.6 is 0 Å². The number of benzene rings is 1. The van der Waals surface area contributed by atoms with Crippen LogP contribution in [0.25, 0.3) is 0 Å². The summed E-state index contributed by atoms with van der Waals surface area (Å²) in [6.45, 7) is 8.41. The highest BCUT2D eigenvalue weighted by Crippen LogP contribution is 2.19. The third kappa shape index (κ3) is 5.04. The van der Waals surface area contributed by atoms with Gasteiger partial charge in [0.1, 0.15) is 0 Å². The minimum absolute atomic E-state index is 0.0481. The first-order chi connectivity index (χ1) is 11.4. The van der Waals surface area contributed by atoms with Crippen LogP contribution in [0.4, 0.5) is 5.69 Å². The number of nitrogens with one attached hydrogen (secondary N) is 1. The molecule has 0 unspecified atom stereocenters. The van der Waals surface area contributed by atoms with E-state index in [2.05, 4.69) is 10.2 Å². The van der Waals surface area contributed by atoms with Crippen molar-refractivity contribution in [1.82, 2.24) is 9.80 Å². The lowest BCUT2D eigenvalue weighted by molar-refractivity contribution is -0.135. The second kappa shape index (κ2) is 8.26. The van der Waals surface area contributed by atoms with Gasteiger partial charge in [-0.25, -0.2) is 0 Å². The molecule has 1 N–H and O–H groups in total. The van der Waals surface area contributed by atoms with E-state index in [0.717, 1.165) is 29.9 Å². The minimum atomic E-state index is -0.182. The number of morpholine rings is 1. The van der Waals surface area contributed by atoms with Gasteiger partial charge in [0.05, 0.1) is 25.8 Å². The molecule has 0 aliphatic carbocycles. The lowest BCUT2D eigenvalue weighted by Gasteiger charge is -2.31.